The monoisotopic (exact) mass is 294 g/mol. The first-order valence-corrected chi connectivity index (χ1v) is 6.11. The second kappa shape index (κ2) is 4.34. The topological polar surface area (TPSA) is 40.5 Å². The van der Waals surface area contributed by atoms with E-state index in [1.54, 1.807) is 6.07 Å². The molecule has 0 saturated heterocycles. The number of aromatic hydroxyl groups is 2. The van der Waals surface area contributed by atoms with Crippen molar-refractivity contribution in [3.05, 3.63) is 32.6 Å². The van der Waals surface area contributed by atoms with E-state index in [0.717, 1.165) is 0 Å². The zero-order valence-electron chi connectivity index (χ0n) is 7.67. The van der Waals surface area contributed by atoms with E-state index in [0.29, 0.717) is 24.8 Å². The van der Waals surface area contributed by atoms with Crippen molar-refractivity contribution in [2.75, 3.05) is 0 Å². The molecule has 0 bridgehead atoms. The van der Waals surface area contributed by atoms with E-state index in [2.05, 4.69) is 0 Å². The Bertz CT molecular complexity index is 551. The van der Waals surface area contributed by atoms with Crippen LogP contribution in [0.25, 0.3) is 10.4 Å². The van der Waals surface area contributed by atoms with Gasteiger partial charge in [0.2, 0.25) is 0 Å². The molecule has 6 heteroatoms. The first kappa shape index (κ1) is 11.9. The smallest absolute Gasteiger partial charge is 0.158 e. The van der Waals surface area contributed by atoms with Gasteiger partial charge in [0.1, 0.15) is 4.34 Å². The van der Waals surface area contributed by atoms with Crippen LogP contribution in [0.15, 0.2) is 18.2 Å². The molecular formula is C10H5Cl3O2S. The molecule has 84 valence electrons. The van der Waals surface area contributed by atoms with Crippen molar-refractivity contribution in [2.24, 2.45) is 0 Å². The summed E-state index contributed by atoms with van der Waals surface area (Å²) in [4.78, 5) is 0.659. The van der Waals surface area contributed by atoms with Crippen LogP contribution in [0.4, 0.5) is 0 Å². The highest BCUT2D eigenvalue weighted by atomic mass is 35.5. The van der Waals surface area contributed by atoms with E-state index < -0.39 is 0 Å². The number of phenols is 2. The fraction of sp³-hybridized carbons (Fsp3) is 0. The van der Waals surface area contributed by atoms with Crippen molar-refractivity contribution in [2.45, 2.75) is 0 Å². The fourth-order valence-corrected chi connectivity index (χ4v) is 3.04. The Labute approximate surface area is 111 Å². The van der Waals surface area contributed by atoms with Crippen molar-refractivity contribution in [1.29, 1.82) is 0 Å². The molecule has 0 fully saturated rings. The number of thiophene rings is 1. The van der Waals surface area contributed by atoms with Gasteiger partial charge in [0.15, 0.2) is 11.5 Å². The number of hydrogen-bond acceptors (Lipinski definition) is 3. The van der Waals surface area contributed by atoms with Crippen molar-refractivity contribution in [3.8, 4) is 21.9 Å². The van der Waals surface area contributed by atoms with Crippen LogP contribution in [0.3, 0.4) is 0 Å². The van der Waals surface area contributed by atoms with Crippen LogP contribution in [-0.2, 0) is 0 Å². The van der Waals surface area contributed by atoms with E-state index >= 15 is 0 Å². The number of rotatable bonds is 1. The summed E-state index contributed by atoms with van der Waals surface area (Å²) in [5.74, 6) is -0.400. The number of hydrogen-bond donors (Lipinski definition) is 2. The molecule has 1 heterocycles. The molecule has 0 aliphatic rings. The summed E-state index contributed by atoms with van der Waals surface area (Å²) in [6, 6.07) is 4.40. The van der Waals surface area contributed by atoms with Crippen LogP contribution in [0.1, 0.15) is 0 Å². The van der Waals surface area contributed by atoms with Crippen molar-refractivity contribution in [1.82, 2.24) is 0 Å². The quantitative estimate of drug-likeness (QED) is 0.743. The van der Waals surface area contributed by atoms with Crippen LogP contribution in [0.2, 0.25) is 14.4 Å². The molecule has 0 atom stereocenters. The summed E-state index contributed by atoms with van der Waals surface area (Å²) >= 11 is 18.9. The highest BCUT2D eigenvalue weighted by Gasteiger charge is 2.16. The molecule has 16 heavy (non-hydrogen) atoms. The van der Waals surface area contributed by atoms with Gasteiger partial charge in [0, 0.05) is 0 Å². The van der Waals surface area contributed by atoms with Gasteiger partial charge in [-0.1, -0.05) is 34.8 Å². The highest BCUT2D eigenvalue weighted by molar-refractivity contribution is 7.20. The summed E-state index contributed by atoms with van der Waals surface area (Å²) in [7, 11) is 0. The SMILES string of the molecule is Oc1ccc(-c2sc(Cl)c(Cl)c2Cl)cc1O. The van der Waals surface area contributed by atoms with Gasteiger partial charge < -0.3 is 10.2 Å². The first-order valence-electron chi connectivity index (χ1n) is 4.16. The minimum atomic E-state index is -0.214. The van der Waals surface area contributed by atoms with Gasteiger partial charge in [-0.3, -0.25) is 0 Å². The Kier molecular flexibility index (Phi) is 3.22. The van der Waals surface area contributed by atoms with Crippen LogP contribution in [-0.4, -0.2) is 10.2 Å². The van der Waals surface area contributed by atoms with Gasteiger partial charge in [-0.25, -0.2) is 0 Å². The molecule has 0 saturated carbocycles. The lowest BCUT2D eigenvalue weighted by Crippen LogP contribution is -1.74. The van der Waals surface area contributed by atoms with Crippen molar-refractivity contribution >= 4 is 46.1 Å². The summed E-state index contributed by atoms with van der Waals surface area (Å²) in [5, 5.41) is 19.2. The molecule has 2 aromatic rings. The molecule has 1 aromatic heterocycles. The van der Waals surface area contributed by atoms with Crippen LogP contribution in [0.5, 0.6) is 11.5 Å². The van der Waals surface area contributed by atoms with E-state index in [-0.39, 0.29) is 11.5 Å². The standard InChI is InChI=1S/C10H5Cl3O2S/c11-7-8(12)10(13)16-9(7)4-1-2-5(14)6(15)3-4/h1-3,14-15H. The van der Waals surface area contributed by atoms with Gasteiger partial charge in [-0.05, 0) is 23.8 Å². The molecule has 0 unspecified atom stereocenters. The second-order valence-electron chi connectivity index (χ2n) is 3.04. The lowest BCUT2D eigenvalue weighted by Gasteiger charge is -2.01. The minimum Gasteiger partial charge on any atom is -0.504 e. The van der Waals surface area contributed by atoms with E-state index in [9.17, 15) is 10.2 Å². The summed E-state index contributed by atoms with van der Waals surface area (Å²) in [6.07, 6.45) is 0. The van der Waals surface area contributed by atoms with Crippen LogP contribution >= 0.6 is 46.1 Å². The van der Waals surface area contributed by atoms with Gasteiger partial charge >= 0.3 is 0 Å². The van der Waals surface area contributed by atoms with E-state index in [4.69, 9.17) is 34.8 Å². The Hall–Kier alpha value is -0.610. The highest BCUT2D eigenvalue weighted by Crippen LogP contribution is 2.46. The molecule has 0 radical (unpaired) electrons. The normalized spacial score (nSPS) is 10.7. The number of halogens is 3. The predicted octanol–water partition coefficient (Wildman–Crippen LogP) is 4.79. The van der Waals surface area contributed by atoms with Crippen molar-refractivity contribution < 1.29 is 10.2 Å². The van der Waals surface area contributed by atoms with E-state index in [1.165, 1.54) is 23.5 Å². The maximum absolute atomic E-state index is 9.37. The molecule has 2 nitrogen and oxygen atoms in total. The Balaban J connectivity index is 2.59. The summed E-state index contributed by atoms with van der Waals surface area (Å²) in [5.41, 5.74) is 0.652. The van der Waals surface area contributed by atoms with Crippen LogP contribution in [0, 0.1) is 0 Å². The first-order chi connectivity index (χ1) is 7.50. The second-order valence-corrected chi connectivity index (χ2v) is 5.41. The largest absolute Gasteiger partial charge is 0.504 e. The van der Waals surface area contributed by atoms with Gasteiger partial charge in [0.25, 0.3) is 0 Å². The number of phenolic OH excluding ortho intramolecular Hbond substituents is 2. The van der Waals surface area contributed by atoms with E-state index in [1.807, 2.05) is 0 Å². The molecule has 0 aliphatic heterocycles. The zero-order valence-corrected chi connectivity index (χ0v) is 10.8. The lowest BCUT2D eigenvalue weighted by atomic mass is 10.1. The van der Waals surface area contributed by atoms with Gasteiger partial charge in [0.05, 0.1) is 14.9 Å². The molecule has 0 spiro atoms. The lowest BCUT2D eigenvalue weighted by molar-refractivity contribution is 0.404. The third-order valence-corrected chi connectivity index (χ3v) is 4.62. The third-order valence-electron chi connectivity index (χ3n) is 1.99. The Morgan fingerprint density at radius 2 is 1.62 bits per heavy atom. The molecular weight excluding hydrogens is 291 g/mol. The average Bonchev–Trinajstić information content (AvgIpc) is 2.50. The Morgan fingerprint density at radius 3 is 2.12 bits per heavy atom. The third kappa shape index (κ3) is 1.96. The van der Waals surface area contributed by atoms with Gasteiger partial charge in [-0.15, -0.1) is 11.3 Å². The maximum Gasteiger partial charge on any atom is 0.158 e. The molecule has 2 rings (SSSR count). The van der Waals surface area contributed by atoms with Crippen molar-refractivity contribution in [3.63, 3.8) is 0 Å². The predicted molar refractivity (Wildman–Crippen MR) is 68.1 cm³/mol. The van der Waals surface area contributed by atoms with Crippen LogP contribution < -0.4 is 0 Å². The Morgan fingerprint density at radius 1 is 0.938 bits per heavy atom. The molecule has 1 aromatic carbocycles. The fourth-order valence-electron chi connectivity index (χ4n) is 1.22. The minimum absolute atomic E-state index is 0.186. The summed E-state index contributed by atoms with van der Waals surface area (Å²) in [6.45, 7) is 0. The maximum atomic E-state index is 9.37. The molecule has 2 N–H and O–H groups in total. The summed E-state index contributed by atoms with van der Waals surface area (Å²) < 4.78 is 0.397. The number of benzene rings is 1. The average molecular weight is 296 g/mol. The molecule has 0 aliphatic carbocycles. The zero-order chi connectivity index (χ0) is 11.9. The molecule has 0 amide bonds. The van der Waals surface area contributed by atoms with Gasteiger partial charge in [-0.2, -0.15) is 0 Å².